The van der Waals surface area contributed by atoms with Gasteiger partial charge in [0.05, 0.1) is 11.4 Å². The highest BCUT2D eigenvalue weighted by atomic mass is 35.5. The Morgan fingerprint density at radius 3 is 2.53 bits per heavy atom. The largest absolute Gasteiger partial charge is 0.399 e. The smallest absolute Gasteiger partial charge is 0.389 e. The average molecular weight is 256 g/mol. The number of thioether (sulfide) groups is 1. The molecule has 0 radical (unpaired) electrons. The predicted octanol–water partition coefficient (Wildman–Crippen LogP) is 3.97. The number of nitrogens with two attached hydrogens (primary N) is 1. The minimum absolute atomic E-state index is 0.0346. The van der Waals surface area contributed by atoms with Gasteiger partial charge in [-0.3, -0.25) is 0 Å². The number of halogens is 4. The third-order valence-electron chi connectivity index (χ3n) is 1.60. The Labute approximate surface area is 94.8 Å². The van der Waals surface area contributed by atoms with Gasteiger partial charge in [-0.15, -0.1) is 11.8 Å². The van der Waals surface area contributed by atoms with E-state index in [1.54, 1.807) is 12.1 Å². The van der Waals surface area contributed by atoms with Gasteiger partial charge in [0.1, 0.15) is 0 Å². The van der Waals surface area contributed by atoms with Crippen molar-refractivity contribution in [1.29, 1.82) is 0 Å². The third-order valence-corrected chi connectivity index (χ3v) is 3.10. The fraction of sp³-hybridized carbons (Fsp3) is 0.333. The molecule has 1 aromatic carbocycles. The van der Waals surface area contributed by atoms with Crippen LogP contribution in [-0.4, -0.2) is 11.9 Å². The first-order chi connectivity index (χ1) is 6.88. The van der Waals surface area contributed by atoms with Crippen LogP contribution >= 0.6 is 23.4 Å². The van der Waals surface area contributed by atoms with Crippen LogP contribution in [0.2, 0.25) is 5.02 Å². The van der Waals surface area contributed by atoms with Gasteiger partial charge in [-0.1, -0.05) is 11.6 Å². The number of alkyl halides is 3. The monoisotopic (exact) mass is 255 g/mol. The molecule has 0 unspecified atom stereocenters. The maximum atomic E-state index is 11.9. The van der Waals surface area contributed by atoms with Crippen molar-refractivity contribution in [3.63, 3.8) is 0 Å². The highest BCUT2D eigenvalue weighted by molar-refractivity contribution is 7.99. The average Bonchev–Trinajstić information content (AvgIpc) is 2.07. The van der Waals surface area contributed by atoms with Gasteiger partial charge in [-0.05, 0) is 18.2 Å². The molecule has 6 heteroatoms. The quantitative estimate of drug-likeness (QED) is 0.653. The molecule has 1 aromatic rings. The Morgan fingerprint density at radius 2 is 2.00 bits per heavy atom. The van der Waals surface area contributed by atoms with Gasteiger partial charge in [-0.2, -0.15) is 13.2 Å². The molecule has 0 fully saturated rings. The van der Waals surface area contributed by atoms with Crippen molar-refractivity contribution in [3.05, 3.63) is 23.2 Å². The molecular weight excluding hydrogens is 247 g/mol. The first-order valence-electron chi connectivity index (χ1n) is 4.13. The van der Waals surface area contributed by atoms with E-state index in [4.69, 9.17) is 17.3 Å². The molecule has 0 aliphatic heterocycles. The third kappa shape index (κ3) is 4.66. The molecule has 0 amide bonds. The van der Waals surface area contributed by atoms with Crippen LogP contribution in [0.4, 0.5) is 18.9 Å². The molecular formula is C9H9ClF3NS. The summed E-state index contributed by atoms with van der Waals surface area (Å²) in [6, 6.07) is 4.76. The number of hydrogen-bond acceptors (Lipinski definition) is 2. The van der Waals surface area contributed by atoms with Crippen molar-refractivity contribution in [2.75, 3.05) is 11.5 Å². The summed E-state index contributed by atoms with van der Waals surface area (Å²) in [5, 5.41) is 0.391. The fourth-order valence-corrected chi connectivity index (χ4v) is 2.18. The van der Waals surface area contributed by atoms with Crippen LogP contribution in [0, 0.1) is 0 Å². The maximum absolute atomic E-state index is 11.9. The molecule has 0 heterocycles. The minimum atomic E-state index is -4.12. The molecule has 0 spiro atoms. The van der Waals surface area contributed by atoms with Gasteiger partial charge < -0.3 is 5.73 Å². The SMILES string of the molecule is Nc1ccc(SCCC(F)(F)F)c(Cl)c1. The predicted molar refractivity (Wildman–Crippen MR) is 57.3 cm³/mol. The van der Waals surface area contributed by atoms with E-state index in [0.29, 0.717) is 15.6 Å². The zero-order valence-corrected chi connectivity index (χ0v) is 9.22. The molecule has 15 heavy (non-hydrogen) atoms. The number of anilines is 1. The number of benzene rings is 1. The Kier molecular flexibility index (Phi) is 4.16. The molecule has 1 nitrogen and oxygen atoms in total. The van der Waals surface area contributed by atoms with Crippen LogP contribution in [0.25, 0.3) is 0 Å². The van der Waals surface area contributed by atoms with Gasteiger partial charge in [0, 0.05) is 16.3 Å². The summed E-state index contributed by atoms with van der Waals surface area (Å²) in [6.45, 7) is 0. The van der Waals surface area contributed by atoms with Crippen LogP contribution in [0.5, 0.6) is 0 Å². The summed E-state index contributed by atoms with van der Waals surface area (Å²) in [5.41, 5.74) is 5.95. The highest BCUT2D eigenvalue weighted by Gasteiger charge is 2.26. The van der Waals surface area contributed by atoms with Crippen molar-refractivity contribution in [2.24, 2.45) is 0 Å². The zero-order valence-electron chi connectivity index (χ0n) is 7.64. The normalized spacial score (nSPS) is 11.7. The zero-order chi connectivity index (χ0) is 11.5. The molecule has 0 saturated heterocycles. The summed E-state index contributed by atoms with van der Waals surface area (Å²) in [7, 11) is 0. The second-order valence-corrected chi connectivity index (χ2v) is 4.45. The molecule has 0 aliphatic carbocycles. The van der Waals surface area contributed by atoms with E-state index in [1.165, 1.54) is 6.07 Å². The van der Waals surface area contributed by atoms with E-state index in [-0.39, 0.29) is 5.75 Å². The summed E-state index contributed by atoms with van der Waals surface area (Å²) in [6.07, 6.45) is -4.94. The van der Waals surface area contributed by atoms with E-state index in [2.05, 4.69) is 0 Å². The van der Waals surface area contributed by atoms with Crippen molar-refractivity contribution < 1.29 is 13.2 Å². The molecule has 0 atom stereocenters. The van der Waals surface area contributed by atoms with Crippen molar-refractivity contribution in [1.82, 2.24) is 0 Å². The van der Waals surface area contributed by atoms with E-state index >= 15 is 0 Å². The Bertz CT molecular complexity index is 341. The molecule has 0 bridgehead atoms. The second kappa shape index (κ2) is 4.99. The maximum Gasteiger partial charge on any atom is 0.389 e. The van der Waals surface area contributed by atoms with E-state index < -0.39 is 12.6 Å². The molecule has 0 aliphatic rings. The van der Waals surface area contributed by atoms with Crippen LogP contribution < -0.4 is 5.73 Å². The Hall–Kier alpha value is -0.550. The van der Waals surface area contributed by atoms with Gasteiger partial charge in [0.25, 0.3) is 0 Å². The first kappa shape index (κ1) is 12.5. The van der Waals surface area contributed by atoms with Crippen molar-refractivity contribution >= 4 is 29.1 Å². The molecule has 0 saturated carbocycles. The van der Waals surface area contributed by atoms with E-state index in [0.717, 1.165) is 11.8 Å². The fourth-order valence-electron chi connectivity index (χ4n) is 0.911. The Balaban J connectivity index is 2.51. The van der Waals surface area contributed by atoms with Gasteiger partial charge >= 0.3 is 6.18 Å². The summed E-state index contributed by atoms with van der Waals surface area (Å²) in [4.78, 5) is 0.620. The van der Waals surface area contributed by atoms with Crippen molar-refractivity contribution in [2.45, 2.75) is 17.5 Å². The lowest BCUT2D eigenvalue weighted by Gasteiger charge is -2.07. The number of hydrogen-bond donors (Lipinski definition) is 1. The number of nitrogen functional groups attached to an aromatic ring is 1. The molecule has 0 aromatic heterocycles. The summed E-state index contributed by atoms with van der Waals surface area (Å²) in [5.74, 6) is -0.0346. The summed E-state index contributed by atoms with van der Waals surface area (Å²) >= 11 is 6.87. The minimum Gasteiger partial charge on any atom is -0.399 e. The van der Waals surface area contributed by atoms with Crippen LogP contribution in [0.3, 0.4) is 0 Å². The van der Waals surface area contributed by atoms with Gasteiger partial charge in [-0.25, -0.2) is 0 Å². The molecule has 1 rings (SSSR count). The van der Waals surface area contributed by atoms with Crippen LogP contribution in [0.1, 0.15) is 6.42 Å². The lowest BCUT2D eigenvalue weighted by atomic mass is 10.3. The van der Waals surface area contributed by atoms with Gasteiger partial charge in [0.15, 0.2) is 0 Å². The van der Waals surface area contributed by atoms with E-state index in [1.807, 2.05) is 0 Å². The number of rotatable bonds is 3. The molecule has 84 valence electrons. The highest BCUT2D eigenvalue weighted by Crippen LogP contribution is 2.31. The summed E-state index contributed by atoms with van der Waals surface area (Å²) < 4.78 is 35.6. The second-order valence-electron chi connectivity index (χ2n) is 2.90. The van der Waals surface area contributed by atoms with Crippen LogP contribution in [0.15, 0.2) is 23.1 Å². The van der Waals surface area contributed by atoms with Crippen LogP contribution in [-0.2, 0) is 0 Å². The Morgan fingerprint density at radius 1 is 1.33 bits per heavy atom. The lowest BCUT2D eigenvalue weighted by Crippen LogP contribution is -2.07. The molecule has 2 N–H and O–H groups in total. The van der Waals surface area contributed by atoms with Gasteiger partial charge in [0.2, 0.25) is 0 Å². The standard InChI is InChI=1S/C9H9ClF3NS/c10-7-5-6(14)1-2-8(7)15-4-3-9(11,12)13/h1-2,5H,3-4,14H2. The first-order valence-corrected chi connectivity index (χ1v) is 5.49. The lowest BCUT2D eigenvalue weighted by molar-refractivity contribution is -0.129. The van der Waals surface area contributed by atoms with Crippen molar-refractivity contribution in [3.8, 4) is 0 Å². The topological polar surface area (TPSA) is 26.0 Å². The van der Waals surface area contributed by atoms with E-state index in [9.17, 15) is 13.2 Å².